The van der Waals surface area contributed by atoms with E-state index in [1.165, 1.54) is 0 Å². The molecule has 1 N–H and O–H groups in total. The minimum absolute atomic E-state index is 0.322. The second kappa shape index (κ2) is 3.88. The topological polar surface area (TPSA) is 37.3 Å². The van der Waals surface area contributed by atoms with E-state index in [0.29, 0.717) is 11.1 Å². The van der Waals surface area contributed by atoms with Crippen molar-refractivity contribution in [3.8, 4) is 0 Å². The van der Waals surface area contributed by atoms with E-state index in [-0.39, 0.29) is 0 Å². The van der Waals surface area contributed by atoms with Crippen LogP contribution in [-0.4, -0.2) is 11.1 Å². The van der Waals surface area contributed by atoms with Gasteiger partial charge in [0.15, 0.2) is 0 Å². The maximum absolute atomic E-state index is 10.4. The van der Waals surface area contributed by atoms with Crippen molar-refractivity contribution in [2.75, 3.05) is 0 Å². The third kappa shape index (κ3) is 2.49. The van der Waals surface area contributed by atoms with Gasteiger partial charge < -0.3 is 5.11 Å². The fourth-order valence-electron chi connectivity index (χ4n) is 0.648. The zero-order chi connectivity index (χ0) is 8.15. The summed E-state index contributed by atoms with van der Waals surface area (Å²) in [6.45, 7) is 7.13. The summed E-state index contributed by atoms with van der Waals surface area (Å²) in [5.74, 6) is -0.894. The number of carbonyl (C=O) groups is 1. The Kier molecular flexibility index (Phi) is 3.47. The number of allylic oxidation sites excluding steroid dienone is 1. The zero-order valence-electron chi connectivity index (χ0n) is 6.35. The summed E-state index contributed by atoms with van der Waals surface area (Å²) in [6, 6.07) is 0. The van der Waals surface area contributed by atoms with Crippen LogP contribution in [0, 0.1) is 0 Å². The van der Waals surface area contributed by atoms with Gasteiger partial charge in [-0.3, -0.25) is 0 Å². The van der Waals surface area contributed by atoms with Crippen LogP contribution in [-0.2, 0) is 4.79 Å². The molecule has 0 radical (unpaired) electrons. The highest BCUT2D eigenvalue weighted by molar-refractivity contribution is 5.91. The van der Waals surface area contributed by atoms with E-state index in [0.717, 1.165) is 6.42 Å². The molecule has 0 aromatic heterocycles. The average Bonchev–Trinajstić information content (AvgIpc) is 1.81. The predicted octanol–water partition coefficient (Wildman–Crippen LogP) is 1.98. The molecule has 0 amide bonds. The fraction of sp³-hybridized carbons (Fsp3) is 0.375. The Hall–Kier alpha value is -1.05. The number of aliphatic carboxylic acids is 1. The van der Waals surface area contributed by atoms with Crippen molar-refractivity contribution >= 4 is 5.97 Å². The van der Waals surface area contributed by atoms with Crippen molar-refractivity contribution < 1.29 is 9.90 Å². The molecule has 56 valence electrons. The van der Waals surface area contributed by atoms with Crippen molar-refractivity contribution in [1.82, 2.24) is 0 Å². The number of carboxylic acids is 1. The van der Waals surface area contributed by atoms with Crippen LogP contribution in [0.1, 0.15) is 20.3 Å². The smallest absolute Gasteiger partial charge is 0.335 e. The fourth-order valence-corrected chi connectivity index (χ4v) is 0.648. The van der Waals surface area contributed by atoms with Crippen molar-refractivity contribution in [1.29, 1.82) is 0 Å². The summed E-state index contributed by atoms with van der Waals surface area (Å²) in [5.41, 5.74) is 0.928. The van der Waals surface area contributed by atoms with Crippen molar-refractivity contribution in [3.05, 3.63) is 23.8 Å². The molecule has 0 aromatic carbocycles. The summed E-state index contributed by atoms with van der Waals surface area (Å²) in [5, 5.41) is 8.55. The van der Waals surface area contributed by atoms with E-state index in [1.807, 2.05) is 6.92 Å². The Labute approximate surface area is 60.9 Å². The maximum Gasteiger partial charge on any atom is 0.335 e. The van der Waals surface area contributed by atoms with Gasteiger partial charge in [-0.15, -0.1) is 0 Å². The first-order valence-electron chi connectivity index (χ1n) is 3.19. The molecule has 0 unspecified atom stereocenters. The van der Waals surface area contributed by atoms with Crippen LogP contribution < -0.4 is 0 Å². The van der Waals surface area contributed by atoms with E-state index in [2.05, 4.69) is 6.58 Å². The Balaban J connectivity index is 4.42. The lowest BCUT2D eigenvalue weighted by Gasteiger charge is -1.97. The molecule has 0 fully saturated rings. The highest BCUT2D eigenvalue weighted by Crippen LogP contribution is 2.07. The second-order valence-electron chi connectivity index (χ2n) is 2.11. The number of rotatable bonds is 3. The molecular weight excluding hydrogens is 128 g/mol. The molecule has 2 heteroatoms. The molecule has 0 saturated heterocycles. The third-order valence-corrected chi connectivity index (χ3v) is 1.10. The minimum atomic E-state index is -0.894. The maximum atomic E-state index is 10.4. The molecule has 0 spiro atoms. The van der Waals surface area contributed by atoms with Gasteiger partial charge in [0, 0.05) is 0 Å². The van der Waals surface area contributed by atoms with Gasteiger partial charge in [-0.1, -0.05) is 19.6 Å². The van der Waals surface area contributed by atoms with Crippen molar-refractivity contribution in [2.24, 2.45) is 0 Å². The molecule has 0 atom stereocenters. The first-order valence-corrected chi connectivity index (χ1v) is 3.19. The molecule has 0 saturated carbocycles. The predicted molar refractivity (Wildman–Crippen MR) is 40.8 cm³/mol. The molecular formula is C8H12O2. The Bertz CT molecular complexity index is 162. The molecule has 0 rings (SSSR count). The first-order chi connectivity index (χ1) is 4.59. The molecule has 0 aromatic rings. The van der Waals surface area contributed by atoms with Crippen LogP contribution >= 0.6 is 0 Å². The van der Waals surface area contributed by atoms with E-state index in [9.17, 15) is 4.79 Å². The lowest BCUT2D eigenvalue weighted by atomic mass is 10.1. The number of hydrogen-bond acceptors (Lipinski definition) is 1. The summed E-state index contributed by atoms with van der Waals surface area (Å²) < 4.78 is 0. The number of hydrogen-bond donors (Lipinski definition) is 1. The van der Waals surface area contributed by atoms with Crippen LogP contribution in [0.25, 0.3) is 0 Å². The van der Waals surface area contributed by atoms with E-state index < -0.39 is 5.97 Å². The summed E-state index contributed by atoms with van der Waals surface area (Å²) >= 11 is 0. The van der Waals surface area contributed by atoms with Gasteiger partial charge >= 0.3 is 5.97 Å². The first kappa shape index (κ1) is 8.95. The Morgan fingerprint density at radius 1 is 1.70 bits per heavy atom. The van der Waals surface area contributed by atoms with Crippen molar-refractivity contribution in [3.63, 3.8) is 0 Å². The molecule has 0 aliphatic heterocycles. The SMILES string of the molecule is C=C(C)/C(=C\CC)C(=O)O. The molecule has 0 aliphatic rings. The lowest BCUT2D eigenvalue weighted by molar-refractivity contribution is -0.132. The van der Waals surface area contributed by atoms with Crippen LogP contribution in [0.5, 0.6) is 0 Å². The highest BCUT2D eigenvalue weighted by Gasteiger charge is 2.05. The van der Waals surface area contributed by atoms with Crippen LogP contribution in [0.2, 0.25) is 0 Å². The Morgan fingerprint density at radius 3 is 2.30 bits per heavy atom. The van der Waals surface area contributed by atoms with Crippen molar-refractivity contribution in [2.45, 2.75) is 20.3 Å². The minimum Gasteiger partial charge on any atom is -0.478 e. The largest absolute Gasteiger partial charge is 0.478 e. The van der Waals surface area contributed by atoms with E-state index >= 15 is 0 Å². The highest BCUT2D eigenvalue weighted by atomic mass is 16.4. The van der Waals surface area contributed by atoms with E-state index in [1.54, 1.807) is 13.0 Å². The van der Waals surface area contributed by atoms with E-state index in [4.69, 9.17) is 5.11 Å². The normalized spacial score (nSPS) is 11.2. The quantitative estimate of drug-likeness (QED) is 0.480. The average molecular weight is 140 g/mol. The summed E-state index contributed by atoms with van der Waals surface area (Å²) in [6.07, 6.45) is 2.39. The Morgan fingerprint density at radius 2 is 2.20 bits per heavy atom. The monoisotopic (exact) mass is 140 g/mol. The van der Waals surface area contributed by atoms with Crippen LogP contribution in [0.4, 0.5) is 0 Å². The molecule has 0 bridgehead atoms. The van der Waals surface area contributed by atoms with Gasteiger partial charge in [-0.2, -0.15) is 0 Å². The zero-order valence-corrected chi connectivity index (χ0v) is 6.35. The van der Waals surface area contributed by atoms with Gasteiger partial charge in [0.25, 0.3) is 0 Å². The molecule has 2 nitrogen and oxygen atoms in total. The van der Waals surface area contributed by atoms with Gasteiger partial charge in [-0.25, -0.2) is 4.79 Å². The summed E-state index contributed by atoms with van der Waals surface area (Å²) in [4.78, 5) is 10.4. The molecule has 0 heterocycles. The van der Waals surface area contributed by atoms with Gasteiger partial charge in [0.1, 0.15) is 0 Å². The molecule has 0 aliphatic carbocycles. The lowest BCUT2D eigenvalue weighted by Crippen LogP contribution is -2.00. The standard InChI is InChI=1S/C8H12O2/c1-4-5-7(6(2)3)8(9)10/h5H,2,4H2,1,3H3,(H,9,10)/b7-5+. The van der Waals surface area contributed by atoms with Crippen LogP contribution in [0.3, 0.4) is 0 Å². The van der Waals surface area contributed by atoms with Crippen LogP contribution in [0.15, 0.2) is 23.8 Å². The van der Waals surface area contributed by atoms with Gasteiger partial charge in [-0.05, 0) is 18.9 Å². The summed E-state index contributed by atoms with van der Waals surface area (Å²) in [7, 11) is 0. The second-order valence-corrected chi connectivity index (χ2v) is 2.11. The number of carboxylic acid groups (broad SMARTS) is 1. The van der Waals surface area contributed by atoms with Gasteiger partial charge in [0.2, 0.25) is 0 Å². The van der Waals surface area contributed by atoms with Gasteiger partial charge in [0.05, 0.1) is 5.57 Å². The molecule has 10 heavy (non-hydrogen) atoms. The third-order valence-electron chi connectivity index (χ3n) is 1.10.